The summed E-state index contributed by atoms with van der Waals surface area (Å²) in [6, 6.07) is 9.76. The molecule has 0 atom stereocenters. The van der Waals surface area contributed by atoms with Crippen LogP contribution in [0, 0.1) is 0 Å². The van der Waals surface area contributed by atoms with Crippen molar-refractivity contribution in [1.82, 2.24) is 9.88 Å². The summed E-state index contributed by atoms with van der Waals surface area (Å²) in [4.78, 5) is 21.2. The second-order valence-corrected chi connectivity index (χ2v) is 10.8. The van der Waals surface area contributed by atoms with Crippen molar-refractivity contribution in [2.45, 2.75) is 12.8 Å². The number of rotatable bonds is 10. The molecule has 1 saturated heterocycles. The number of carbonyl (C=O) groups excluding carboxylic acids is 1. The van der Waals surface area contributed by atoms with Gasteiger partial charge in [-0.25, -0.2) is 4.98 Å². The van der Waals surface area contributed by atoms with Gasteiger partial charge >= 0.3 is 5.92 Å². The van der Waals surface area contributed by atoms with Gasteiger partial charge < -0.3 is 34.3 Å². The first kappa shape index (κ1) is 31.4. The molecule has 2 N–H and O–H groups in total. The van der Waals surface area contributed by atoms with Crippen molar-refractivity contribution in [3.63, 3.8) is 0 Å². The molecule has 44 heavy (non-hydrogen) atoms. The van der Waals surface area contributed by atoms with E-state index in [4.69, 9.17) is 37.1 Å². The number of halogens is 4. The molecule has 1 aliphatic rings. The summed E-state index contributed by atoms with van der Waals surface area (Å²) >= 11 is 12.6. The molecule has 0 spiro atoms. The topological polar surface area (TPSA) is 92.1 Å². The van der Waals surface area contributed by atoms with Crippen LogP contribution in [0.15, 0.2) is 59.7 Å². The standard InChI is InChI=1S/C31H31Cl2F2N5O4/c1-5-27(41)38-21-15-19(40-11-9-39(6-2)10-12-40)7-8-20(21)37-26-14-18-13-25(44-24(18)17-36-26)31(34,35)28-29(32)22(42-3)16-23(43-4)30(28)33/h5,7-8,13-17H,1,6,9-12H2,2-4H3,(H,36,37)(H,38,41). The van der Waals surface area contributed by atoms with E-state index in [0.717, 1.165) is 38.4 Å². The highest BCUT2D eigenvalue weighted by Gasteiger charge is 2.44. The van der Waals surface area contributed by atoms with Crippen LogP contribution in [0.1, 0.15) is 18.2 Å². The van der Waals surface area contributed by atoms with Crippen LogP contribution in [0.3, 0.4) is 0 Å². The minimum Gasteiger partial charge on any atom is -0.495 e. The molecule has 13 heteroatoms. The first-order valence-electron chi connectivity index (χ1n) is 13.8. The van der Waals surface area contributed by atoms with Crippen LogP contribution in [0.4, 0.5) is 31.7 Å². The van der Waals surface area contributed by atoms with Gasteiger partial charge in [-0.1, -0.05) is 36.7 Å². The van der Waals surface area contributed by atoms with Gasteiger partial charge in [-0.2, -0.15) is 8.78 Å². The fraction of sp³-hybridized carbons (Fsp3) is 0.290. The van der Waals surface area contributed by atoms with Gasteiger partial charge in [0.15, 0.2) is 11.3 Å². The summed E-state index contributed by atoms with van der Waals surface area (Å²) in [7, 11) is 2.60. The number of alkyl halides is 2. The highest BCUT2D eigenvalue weighted by atomic mass is 35.5. The predicted molar refractivity (Wildman–Crippen MR) is 169 cm³/mol. The predicted octanol–water partition coefficient (Wildman–Crippen LogP) is 7.30. The number of likely N-dealkylation sites (N-methyl/N-ethyl adjacent to an activating group) is 1. The lowest BCUT2D eigenvalue weighted by Crippen LogP contribution is -2.46. The third-order valence-electron chi connectivity index (χ3n) is 7.50. The fourth-order valence-corrected chi connectivity index (χ4v) is 5.78. The van der Waals surface area contributed by atoms with E-state index in [2.05, 4.69) is 38.9 Å². The van der Waals surface area contributed by atoms with Crippen molar-refractivity contribution in [2.24, 2.45) is 0 Å². The Morgan fingerprint density at radius 2 is 1.75 bits per heavy atom. The monoisotopic (exact) mass is 645 g/mol. The quantitative estimate of drug-likeness (QED) is 0.174. The Labute approximate surface area is 263 Å². The highest BCUT2D eigenvalue weighted by molar-refractivity contribution is 6.38. The highest BCUT2D eigenvalue weighted by Crippen LogP contribution is 2.50. The molecule has 1 amide bonds. The SMILES string of the molecule is C=CC(=O)Nc1cc(N2CCN(CC)CC2)ccc1Nc1cc2cc(C(F)(F)c3c(Cl)c(OC)cc(OC)c3Cl)oc2cn1. The molecule has 0 radical (unpaired) electrons. The maximum Gasteiger partial charge on any atom is 0.333 e. The summed E-state index contributed by atoms with van der Waals surface area (Å²) in [5.41, 5.74) is 1.44. The molecule has 1 fully saturated rings. The molecule has 0 aliphatic carbocycles. The molecular formula is C31H31Cl2F2N5O4. The number of amides is 1. The second-order valence-electron chi connectivity index (χ2n) is 10.0. The second kappa shape index (κ2) is 12.9. The lowest BCUT2D eigenvalue weighted by Gasteiger charge is -2.35. The fourth-order valence-electron chi connectivity index (χ4n) is 5.04. The minimum atomic E-state index is -3.75. The lowest BCUT2D eigenvalue weighted by molar-refractivity contribution is -0.111. The normalized spacial score (nSPS) is 14.0. The van der Waals surface area contributed by atoms with E-state index >= 15 is 8.78 Å². The average molecular weight is 647 g/mol. The Hall–Kier alpha value is -4.06. The molecule has 0 unspecified atom stereocenters. The number of furan rings is 1. The van der Waals surface area contributed by atoms with Gasteiger partial charge in [-0.15, -0.1) is 0 Å². The summed E-state index contributed by atoms with van der Waals surface area (Å²) in [5.74, 6) is -4.54. The van der Waals surface area contributed by atoms with E-state index < -0.39 is 17.2 Å². The summed E-state index contributed by atoms with van der Waals surface area (Å²) in [5, 5.41) is 5.63. The molecule has 2 aromatic heterocycles. The minimum absolute atomic E-state index is 0.0274. The number of anilines is 4. The number of methoxy groups -OCH3 is 2. The molecule has 0 saturated carbocycles. The molecule has 1 aliphatic heterocycles. The van der Waals surface area contributed by atoms with Crippen molar-refractivity contribution >= 4 is 63.0 Å². The Morgan fingerprint density at radius 3 is 2.36 bits per heavy atom. The Kier molecular flexibility index (Phi) is 9.19. The summed E-state index contributed by atoms with van der Waals surface area (Å²) in [6.45, 7) is 10.3. The van der Waals surface area contributed by atoms with Crippen LogP contribution >= 0.6 is 23.2 Å². The van der Waals surface area contributed by atoms with Gasteiger partial charge in [0.1, 0.15) is 17.3 Å². The third-order valence-corrected chi connectivity index (χ3v) is 8.25. The van der Waals surface area contributed by atoms with Crippen molar-refractivity contribution in [3.05, 3.63) is 76.6 Å². The van der Waals surface area contributed by atoms with E-state index in [9.17, 15) is 4.79 Å². The number of piperazine rings is 1. The van der Waals surface area contributed by atoms with Crippen LogP contribution in [0.2, 0.25) is 10.0 Å². The zero-order valence-electron chi connectivity index (χ0n) is 24.3. The van der Waals surface area contributed by atoms with E-state index in [1.807, 2.05) is 18.2 Å². The van der Waals surface area contributed by atoms with Gasteiger partial charge in [-0.3, -0.25) is 4.79 Å². The van der Waals surface area contributed by atoms with Crippen molar-refractivity contribution < 1.29 is 27.5 Å². The largest absolute Gasteiger partial charge is 0.495 e. The molecule has 3 heterocycles. The van der Waals surface area contributed by atoms with E-state index in [-0.39, 0.29) is 33.0 Å². The van der Waals surface area contributed by atoms with E-state index in [1.54, 1.807) is 6.07 Å². The summed E-state index contributed by atoms with van der Waals surface area (Å²) < 4.78 is 47.6. The van der Waals surface area contributed by atoms with Crippen LogP contribution in [-0.2, 0) is 10.7 Å². The van der Waals surface area contributed by atoms with Gasteiger partial charge in [0.25, 0.3) is 0 Å². The van der Waals surface area contributed by atoms with E-state index in [0.29, 0.717) is 22.6 Å². The first-order chi connectivity index (χ1) is 21.1. The van der Waals surface area contributed by atoms with Crippen LogP contribution < -0.4 is 25.0 Å². The molecule has 0 bridgehead atoms. The van der Waals surface area contributed by atoms with Crippen LogP contribution in [0.5, 0.6) is 11.5 Å². The molecule has 9 nitrogen and oxygen atoms in total. The molecule has 4 aromatic rings. The lowest BCUT2D eigenvalue weighted by atomic mass is 10.0. The van der Waals surface area contributed by atoms with Gasteiger partial charge in [0.05, 0.1) is 47.4 Å². The zero-order chi connectivity index (χ0) is 31.6. The maximum absolute atomic E-state index is 15.9. The molecule has 232 valence electrons. The smallest absolute Gasteiger partial charge is 0.333 e. The number of aromatic nitrogens is 1. The number of ether oxygens (including phenoxy) is 2. The van der Waals surface area contributed by atoms with Crippen molar-refractivity contribution in [2.75, 3.05) is 62.5 Å². The number of pyridine rings is 1. The Morgan fingerprint density at radius 1 is 1.07 bits per heavy atom. The van der Waals surface area contributed by atoms with E-state index in [1.165, 1.54) is 38.6 Å². The zero-order valence-corrected chi connectivity index (χ0v) is 25.9. The van der Waals surface area contributed by atoms with Gasteiger partial charge in [0, 0.05) is 43.3 Å². The number of carbonyl (C=O) groups is 1. The number of hydrogen-bond acceptors (Lipinski definition) is 8. The van der Waals surface area contributed by atoms with Crippen LogP contribution in [0.25, 0.3) is 11.0 Å². The molecular weight excluding hydrogens is 615 g/mol. The maximum atomic E-state index is 15.9. The number of nitrogens with zero attached hydrogens (tertiary/aromatic N) is 3. The van der Waals surface area contributed by atoms with Gasteiger partial charge in [0.2, 0.25) is 5.91 Å². The average Bonchev–Trinajstić information content (AvgIpc) is 3.46. The summed E-state index contributed by atoms with van der Waals surface area (Å²) in [6.07, 6.45) is 2.51. The van der Waals surface area contributed by atoms with Crippen molar-refractivity contribution in [3.8, 4) is 11.5 Å². The number of hydrogen-bond donors (Lipinski definition) is 2. The molecule has 5 rings (SSSR count). The number of fused-ring (bicyclic) bond motifs is 1. The third kappa shape index (κ3) is 6.12. The van der Waals surface area contributed by atoms with Gasteiger partial charge in [-0.05, 0) is 43.0 Å². The Bertz CT molecular complexity index is 1680. The number of benzene rings is 2. The first-order valence-corrected chi connectivity index (χ1v) is 14.5. The Balaban J connectivity index is 1.46. The number of nitrogens with one attached hydrogen (secondary N) is 2. The van der Waals surface area contributed by atoms with Crippen LogP contribution in [-0.4, -0.2) is 62.7 Å². The molecule has 2 aromatic carbocycles. The van der Waals surface area contributed by atoms with Crippen molar-refractivity contribution in [1.29, 1.82) is 0 Å².